The molecule has 0 saturated carbocycles. The molecule has 0 amide bonds. The molecule has 0 aliphatic rings. The van der Waals surface area contributed by atoms with Crippen LogP contribution in [0.4, 0.5) is 5.82 Å². The molecule has 4 heteroatoms. The van der Waals surface area contributed by atoms with Crippen LogP contribution in [-0.2, 0) is 6.42 Å². The number of nitrogens with two attached hydrogens (primary N) is 1. The van der Waals surface area contributed by atoms with Gasteiger partial charge in [0, 0.05) is 11.1 Å². The summed E-state index contributed by atoms with van der Waals surface area (Å²) < 4.78 is 1.91. The van der Waals surface area contributed by atoms with Crippen LogP contribution in [0, 0.1) is 11.3 Å². The second kappa shape index (κ2) is 5.79. The summed E-state index contributed by atoms with van der Waals surface area (Å²) >= 11 is 0. The molecule has 4 nitrogen and oxygen atoms in total. The molecule has 1 unspecified atom stereocenters. The van der Waals surface area contributed by atoms with Crippen molar-refractivity contribution < 1.29 is 0 Å². The van der Waals surface area contributed by atoms with Gasteiger partial charge in [-0.25, -0.2) is 4.68 Å². The maximum Gasteiger partial charge on any atom is 0.125 e. The smallest absolute Gasteiger partial charge is 0.125 e. The maximum atomic E-state index is 8.86. The molecule has 2 aromatic rings. The van der Waals surface area contributed by atoms with Crippen molar-refractivity contribution in [1.29, 1.82) is 5.26 Å². The maximum absolute atomic E-state index is 8.86. The highest BCUT2D eigenvalue weighted by Gasteiger charge is 2.18. The van der Waals surface area contributed by atoms with Crippen molar-refractivity contribution in [2.45, 2.75) is 39.7 Å². The molecule has 0 spiro atoms. The van der Waals surface area contributed by atoms with Gasteiger partial charge in [-0.15, -0.1) is 0 Å². The SMILES string of the molecule is CCc1c(-c2ccc(C#N)cc2)nn(C(C)CC)c1N. The van der Waals surface area contributed by atoms with Crippen molar-refractivity contribution in [3.05, 3.63) is 35.4 Å². The van der Waals surface area contributed by atoms with E-state index in [-0.39, 0.29) is 6.04 Å². The summed E-state index contributed by atoms with van der Waals surface area (Å²) in [7, 11) is 0. The highest BCUT2D eigenvalue weighted by molar-refractivity contribution is 5.69. The Bertz CT molecular complexity index is 632. The fourth-order valence-corrected chi connectivity index (χ4v) is 2.27. The zero-order valence-electron chi connectivity index (χ0n) is 12.2. The van der Waals surface area contributed by atoms with Gasteiger partial charge in [0.15, 0.2) is 0 Å². The molecular formula is C16H20N4. The second-order valence-electron chi connectivity index (χ2n) is 4.96. The Kier molecular flexibility index (Phi) is 4.09. The number of benzene rings is 1. The largest absolute Gasteiger partial charge is 0.384 e. The van der Waals surface area contributed by atoms with Crippen LogP contribution in [0.3, 0.4) is 0 Å². The number of rotatable bonds is 4. The Labute approximate surface area is 119 Å². The summed E-state index contributed by atoms with van der Waals surface area (Å²) in [6.45, 7) is 6.33. The molecule has 1 atom stereocenters. The third kappa shape index (κ3) is 2.39. The van der Waals surface area contributed by atoms with Crippen molar-refractivity contribution >= 4 is 5.82 Å². The van der Waals surface area contributed by atoms with E-state index in [4.69, 9.17) is 11.0 Å². The standard InChI is InChI=1S/C16H20N4/c1-4-11(3)20-16(18)14(5-2)15(19-20)13-8-6-12(10-17)7-9-13/h6-9,11H,4-5,18H2,1-3H3. The average molecular weight is 268 g/mol. The van der Waals surface area contributed by atoms with E-state index in [1.807, 2.05) is 28.9 Å². The highest BCUT2D eigenvalue weighted by atomic mass is 15.3. The average Bonchev–Trinajstić information content (AvgIpc) is 2.83. The van der Waals surface area contributed by atoms with Crippen LogP contribution < -0.4 is 5.73 Å². The molecule has 0 aliphatic carbocycles. The predicted octanol–water partition coefficient (Wildman–Crippen LogP) is 3.54. The van der Waals surface area contributed by atoms with E-state index in [9.17, 15) is 0 Å². The number of nitriles is 1. The third-order valence-electron chi connectivity index (χ3n) is 3.70. The molecule has 20 heavy (non-hydrogen) atoms. The van der Waals surface area contributed by atoms with E-state index >= 15 is 0 Å². The normalized spacial score (nSPS) is 12.1. The van der Waals surface area contributed by atoms with Gasteiger partial charge in [-0.05, 0) is 31.9 Å². The van der Waals surface area contributed by atoms with Crippen LogP contribution in [0.5, 0.6) is 0 Å². The quantitative estimate of drug-likeness (QED) is 0.922. The minimum absolute atomic E-state index is 0.285. The van der Waals surface area contributed by atoms with Gasteiger partial charge in [-0.3, -0.25) is 0 Å². The first kappa shape index (κ1) is 14.1. The summed E-state index contributed by atoms with van der Waals surface area (Å²) in [5.41, 5.74) is 9.90. The number of aromatic nitrogens is 2. The lowest BCUT2D eigenvalue weighted by Gasteiger charge is -2.11. The van der Waals surface area contributed by atoms with Crippen LogP contribution in [0.1, 0.15) is 44.4 Å². The summed E-state index contributed by atoms with van der Waals surface area (Å²) in [6.07, 6.45) is 1.83. The van der Waals surface area contributed by atoms with Crippen LogP contribution >= 0.6 is 0 Å². The molecule has 0 saturated heterocycles. The predicted molar refractivity (Wildman–Crippen MR) is 81.2 cm³/mol. The number of anilines is 1. The van der Waals surface area contributed by atoms with Crippen LogP contribution in [-0.4, -0.2) is 9.78 Å². The molecule has 1 heterocycles. The molecule has 0 fully saturated rings. The third-order valence-corrected chi connectivity index (χ3v) is 3.70. The molecule has 0 aliphatic heterocycles. The van der Waals surface area contributed by atoms with Gasteiger partial charge in [0.25, 0.3) is 0 Å². The van der Waals surface area contributed by atoms with Crippen molar-refractivity contribution in [3.8, 4) is 17.3 Å². The minimum atomic E-state index is 0.285. The Morgan fingerprint density at radius 2 is 1.95 bits per heavy atom. The summed E-state index contributed by atoms with van der Waals surface area (Å²) in [5, 5.41) is 13.5. The van der Waals surface area contributed by atoms with Gasteiger partial charge in [0.2, 0.25) is 0 Å². The topological polar surface area (TPSA) is 67.6 Å². The molecule has 104 valence electrons. The van der Waals surface area contributed by atoms with Crippen molar-refractivity contribution in [3.63, 3.8) is 0 Å². The lowest BCUT2D eigenvalue weighted by atomic mass is 10.0. The first-order valence-electron chi connectivity index (χ1n) is 6.99. The summed E-state index contributed by atoms with van der Waals surface area (Å²) in [5.74, 6) is 0.751. The molecule has 0 radical (unpaired) electrons. The fraction of sp³-hybridized carbons (Fsp3) is 0.375. The summed E-state index contributed by atoms with van der Waals surface area (Å²) in [4.78, 5) is 0. The van der Waals surface area contributed by atoms with Crippen LogP contribution in [0.25, 0.3) is 11.3 Å². The Morgan fingerprint density at radius 1 is 1.30 bits per heavy atom. The molecule has 1 aromatic heterocycles. The number of nitrogens with zero attached hydrogens (tertiary/aromatic N) is 3. The zero-order valence-corrected chi connectivity index (χ0v) is 12.2. The number of nitrogen functional groups attached to an aromatic ring is 1. The molecular weight excluding hydrogens is 248 g/mol. The lowest BCUT2D eigenvalue weighted by molar-refractivity contribution is 0.486. The van der Waals surface area contributed by atoms with Gasteiger partial charge in [0.05, 0.1) is 23.4 Å². The highest BCUT2D eigenvalue weighted by Crippen LogP contribution is 2.30. The fourth-order valence-electron chi connectivity index (χ4n) is 2.27. The van der Waals surface area contributed by atoms with Crippen molar-refractivity contribution in [1.82, 2.24) is 9.78 Å². The van der Waals surface area contributed by atoms with E-state index in [1.54, 1.807) is 0 Å². The molecule has 2 rings (SSSR count). The molecule has 1 aromatic carbocycles. The minimum Gasteiger partial charge on any atom is -0.384 e. The zero-order chi connectivity index (χ0) is 14.7. The van der Waals surface area contributed by atoms with Gasteiger partial charge in [0.1, 0.15) is 5.82 Å². The van der Waals surface area contributed by atoms with Gasteiger partial charge < -0.3 is 5.73 Å². The van der Waals surface area contributed by atoms with E-state index in [1.165, 1.54) is 0 Å². The Hall–Kier alpha value is -2.28. The summed E-state index contributed by atoms with van der Waals surface area (Å²) in [6, 6.07) is 9.90. The van der Waals surface area contributed by atoms with Crippen LogP contribution in [0.15, 0.2) is 24.3 Å². The monoisotopic (exact) mass is 268 g/mol. The number of hydrogen-bond acceptors (Lipinski definition) is 3. The second-order valence-corrected chi connectivity index (χ2v) is 4.96. The molecule has 2 N–H and O–H groups in total. The Morgan fingerprint density at radius 3 is 2.45 bits per heavy atom. The lowest BCUT2D eigenvalue weighted by Crippen LogP contribution is -2.09. The first-order chi connectivity index (χ1) is 9.62. The van der Waals surface area contributed by atoms with E-state index < -0.39 is 0 Å². The van der Waals surface area contributed by atoms with E-state index in [0.717, 1.165) is 35.5 Å². The van der Waals surface area contributed by atoms with E-state index in [2.05, 4.69) is 31.9 Å². The van der Waals surface area contributed by atoms with Crippen molar-refractivity contribution in [2.75, 3.05) is 5.73 Å². The van der Waals surface area contributed by atoms with Gasteiger partial charge >= 0.3 is 0 Å². The Balaban J connectivity index is 2.52. The van der Waals surface area contributed by atoms with E-state index in [0.29, 0.717) is 5.56 Å². The number of hydrogen-bond donors (Lipinski definition) is 1. The van der Waals surface area contributed by atoms with Crippen LogP contribution in [0.2, 0.25) is 0 Å². The molecule has 0 bridgehead atoms. The first-order valence-corrected chi connectivity index (χ1v) is 6.99. The van der Waals surface area contributed by atoms with Crippen molar-refractivity contribution in [2.24, 2.45) is 0 Å². The van der Waals surface area contributed by atoms with Gasteiger partial charge in [-0.1, -0.05) is 26.0 Å². The van der Waals surface area contributed by atoms with Gasteiger partial charge in [-0.2, -0.15) is 10.4 Å².